The largest absolute Gasteiger partial charge is 0.474 e. The Morgan fingerprint density at radius 2 is 2.00 bits per heavy atom. The van der Waals surface area contributed by atoms with E-state index in [9.17, 15) is 4.79 Å². The number of pyridine rings is 1. The summed E-state index contributed by atoms with van der Waals surface area (Å²) in [6.07, 6.45) is 3.95. The van der Waals surface area contributed by atoms with Crippen LogP contribution in [0.4, 0.5) is 0 Å². The third-order valence-electron chi connectivity index (χ3n) is 4.81. The summed E-state index contributed by atoms with van der Waals surface area (Å²) in [6, 6.07) is 15.5. The zero-order valence-corrected chi connectivity index (χ0v) is 15.0. The van der Waals surface area contributed by atoms with Crippen molar-refractivity contribution in [3.05, 3.63) is 59.8 Å². The summed E-state index contributed by atoms with van der Waals surface area (Å²) in [4.78, 5) is 19.0. The molecular weight excluding hydrogens is 326 g/mol. The van der Waals surface area contributed by atoms with E-state index < -0.39 is 0 Å². The molecule has 1 atom stereocenters. The van der Waals surface area contributed by atoms with Crippen LogP contribution in [0.15, 0.2) is 48.7 Å². The van der Waals surface area contributed by atoms with E-state index in [1.165, 1.54) is 6.20 Å². The van der Waals surface area contributed by atoms with Gasteiger partial charge in [0.25, 0.3) is 0 Å². The van der Waals surface area contributed by atoms with Crippen molar-refractivity contribution in [3.8, 4) is 11.9 Å². The van der Waals surface area contributed by atoms with Crippen molar-refractivity contribution in [1.82, 2.24) is 9.88 Å². The maximum atomic E-state index is 12.9. The van der Waals surface area contributed by atoms with Crippen LogP contribution in [0.3, 0.4) is 0 Å². The van der Waals surface area contributed by atoms with Gasteiger partial charge in [-0.05, 0) is 18.1 Å². The summed E-state index contributed by atoms with van der Waals surface area (Å²) in [5.74, 6) is 0.659. The van der Waals surface area contributed by atoms with Crippen LogP contribution in [0.25, 0.3) is 0 Å². The molecule has 1 aromatic heterocycles. The molecule has 0 spiro atoms. The van der Waals surface area contributed by atoms with E-state index in [0.717, 1.165) is 24.8 Å². The van der Waals surface area contributed by atoms with Gasteiger partial charge in [-0.15, -0.1) is 0 Å². The Morgan fingerprint density at radius 1 is 1.27 bits per heavy atom. The molecular formula is C21H23N3O2. The fraction of sp³-hybridized carbons (Fsp3) is 0.381. The first-order valence-electron chi connectivity index (χ1n) is 9.07. The highest BCUT2D eigenvalue weighted by Crippen LogP contribution is 2.25. The number of amides is 1. The Kier molecular flexibility index (Phi) is 5.85. The molecule has 1 amide bonds. The van der Waals surface area contributed by atoms with E-state index in [4.69, 9.17) is 10.00 Å². The zero-order valence-electron chi connectivity index (χ0n) is 15.0. The zero-order chi connectivity index (χ0) is 18.4. The number of hydrogen-bond donors (Lipinski definition) is 0. The number of carbonyl (C=O) groups excluding carboxylic acids is 1. The predicted octanol–water partition coefficient (Wildman–Crippen LogP) is 3.52. The van der Waals surface area contributed by atoms with E-state index in [1.54, 1.807) is 12.1 Å². The first kappa shape index (κ1) is 17.9. The highest BCUT2D eigenvalue weighted by atomic mass is 16.5. The normalized spacial score (nSPS) is 15.9. The molecule has 2 heterocycles. The Labute approximate surface area is 154 Å². The lowest BCUT2D eigenvalue weighted by Gasteiger charge is -2.34. The molecule has 1 aliphatic rings. The lowest BCUT2D eigenvalue weighted by atomic mass is 9.94. The third kappa shape index (κ3) is 4.20. The standard InChI is InChI=1S/C21H23N3O2/c1-2-19(17-6-4-3-5-7-17)21(25)24-12-10-18(11-13-24)26-20-9-8-16(14-22)15-23-20/h3-9,15,18-19H,2,10-13H2,1H3/t19-/m0/s1. The SMILES string of the molecule is CC[C@H](C(=O)N1CCC(Oc2ccc(C#N)cn2)CC1)c1ccccc1. The summed E-state index contributed by atoms with van der Waals surface area (Å²) in [6.45, 7) is 3.45. The molecule has 1 aromatic carbocycles. The van der Waals surface area contributed by atoms with Crippen molar-refractivity contribution in [2.45, 2.75) is 38.2 Å². The smallest absolute Gasteiger partial charge is 0.230 e. The molecule has 0 N–H and O–H groups in total. The highest BCUT2D eigenvalue weighted by molar-refractivity contribution is 5.83. The molecule has 0 unspecified atom stereocenters. The second-order valence-corrected chi connectivity index (χ2v) is 6.51. The molecule has 26 heavy (non-hydrogen) atoms. The molecule has 1 aliphatic heterocycles. The quantitative estimate of drug-likeness (QED) is 0.828. The Morgan fingerprint density at radius 3 is 2.58 bits per heavy atom. The topological polar surface area (TPSA) is 66.2 Å². The summed E-state index contributed by atoms with van der Waals surface area (Å²) >= 11 is 0. The second-order valence-electron chi connectivity index (χ2n) is 6.51. The number of hydrogen-bond acceptors (Lipinski definition) is 4. The maximum absolute atomic E-state index is 12.9. The van der Waals surface area contributed by atoms with E-state index in [1.807, 2.05) is 41.3 Å². The van der Waals surface area contributed by atoms with Crippen molar-refractivity contribution >= 4 is 5.91 Å². The van der Waals surface area contributed by atoms with Gasteiger partial charge in [0, 0.05) is 38.2 Å². The number of likely N-dealkylation sites (tertiary alicyclic amines) is 1. The molecule has 2 aromatic rings. The van der Waals surface area contributed by atoms with Crippen LogP contribution in [0, 0.1) is 11.3 Å². The summed E-state index contributed by atoms with van der Waals surface area (Å²) < 4.78 is 5.90. The first-order chi connectivity index (χ1) is 12.7. The van der Waals surface area contributed by atoms with Crippen LogP contribution >= 0.6 is 0 Å². The average molecular weight is 349 g/mol. The number of aromatic nitrogens is 1. The van der Waals surface area contributed by atoms with Crippen molar-refractivity contribution in [2.24, 2.45) is 0 Å². The minimum Gasteiger partial charge on any atom is -0.474 e. The van der Waals surface area contributed by atoms with Crippen molar-refractivity contribution in [2.75, 3.05) is 13.1 Å². The average Bonchev–Trinajstić information content (AvgIpc) is 2.70. The highest BCUT2D eigenvalue weighted by Gasteiger charge is 2.29. The van der Waals surface area contributed by atoms with Crippen molar-refractivity contribution in [3.63, 3.8) is 0 Å². The van der Waals surface area contributed by atoms with E-state index >= 15 is 0 Å². The Bertz CT molecular complexity index is 760. The number of benzene rings is 1. The number of piperidine rings is 1. The van der Waals surface area contributed by atoms with E-state index in [-0.39, 0.29) is 17.9 Å². The molecule has 134 valence electrons. The number of rotatable bonds is 5. The van der Waals surface area contributed by atoms with Crippen molar-refractivity contribution in [1.29, 1.82) is 5.26 Å². The van der Waals surface area contributed by atoms with Gasteiger partial charge < -0.3 is 9.64 Å². The minimum atomic E-state index is -0.0751. The van der Waals surface area contributed by atoms with Gasteiger partial charge in [-0.1, -0.05) is 37.3 Å². The predicted molar refractivity (Wildman–Crippen MR) is 98.7 cm³/mol. The molecule has 3 rings (SSSR count). The van der Waals surface area contributed by atoms with Crippen LogP contribution in [-0.4, -0.2) is 35.0 Å². The monoisotopic (exact) mass is 349 g/mol. The molecule has 0 saturated carbocycles. The molecule has 0 bridgehead atoms. The summed E-state index contributed by atoms with van der Waals surface area (Å²) in [5.41, 5.74) is 1.60. The van der Waals surface area contributed by atoms with Gasteiger partial charge >= 0.3 is 0 Å². The van der Waals surface area contributed by atoms with Gasteiger partial charge in [-0.25, -0.2) is 4.98 Å². The van der Waals surface area contributed by atoms with Gasteiger partial charge in [0.1, 0.15) is 12.2 Å². The summed E-state index contributed by atoms with van der Waals surface area (Å²) in [7, 11) is 0. The second kappa shape index (κ2) is 8.48. The van der Waals surface area contributed by atoms with E-state index in [2.05, 4.69) is 11.9 Å². The van der Waals surface area contributed by atoms with Crippen molar-refractivity contribution < 1.29 is 9.53 Å². The number of carbonyl (C=O) groups is 1. The fourth-order valence-corrected chi connectivity index (χ4v) is 3.34. The van der Waals surface area contributed by atoms with Gasteiger partial charge in [0.15, 0.2) is 0 Å². The maximum Gasteiger partial charge on any atom is 0.230 e. The summed E-state index contributed by atoms with van der Waals surface area (Å²) in [5, 5.41) is 8.81. The lowest BCUT2D eigenvalue weighted by molar-refractivity contribution is -0.134. The molecule has 5 nitrogen and oxygen atoms in total. The molecule has 1 fully saturated rings. The Hall–Kier alpha value is -2.87. The van der Waals surface area contributed by atoms with Crippen LogP contribution in [0.5, 0.6) is 5.88 Å². The van der Waals surface area contributed by atoms with Gasteiger partial charge in [-0.2, -0.15) is 5.26 Å². The molecule has 5 heteroatoms. The van der Waals surface area contributed by atoms with Gasteiger partial charge in [-0.3, -0.25) is 4.79 Å². The fourth-order valence-electron chi connectivity index (χ4n) is 3.34. The van der Waals surface area contributed by atoms with Crippen LogP contribution < -0.4 is 4.74 Å². The number of nitriles is 1. The Balaban J connectivity index is 1.55. The molecule has 0 aliphatic carbocycles. The molecule has 1 saturated heterocycles. The first-order valence-corrected chi connectivity index (χ1v) is 9.07. The van der Waals surface area contributed by atoms with E-state index in [0.29, 0.717) is 24.5 Å². The third-order valence-corrected chi connectivity index (χ3v) is 4.81. The minimum absolute atomic E-state index is 0.0521. The van der Waals surface area contributed by atoms with Gasteiger partial charge in [0.05, 0.1) is 11.5 Å². The lowest BCUT2D eigenvalue weighted by Crippen LogP contribution is -2.43. The molecule has 0 radical (unpaired) electrons. The number of nitrogens with zero attached hydrogens (tertiary/aromatic N) is 3. The van der Waals surface area contributed by atoms with Crippen LogP contribution in [0.1, 0.15) is 43.2 Å². The number of ether oxygens (including phenoxy) is 1. The van der Waals surface area contributed by atoms with Crippen LogP contribution in [-0.2, 0) is 4.79 Å². The van der Waals surface area contributed by atoms with Crippen LogP contribution in [0.2, 0.25) is 0 Å². The van der Waals surface area contributed by atoms with Gasteiger partial charge in [0.2, 0.25) is 11.8 Å².